The predicted octanol–water partition coefficient (Wildman–Crippen LogP) is 4.47. The summed E-state index contributed by atoms with van der Waals surface area (Å²) in [5.41, 5.74) is 4.48. The van der Waals surface area contributed by atoms with Crippen molar-refractivity contribution in [3.8, 4) is 6.07 Å². The van der Waals surface area contributed by atoms with Crippen LogP contribution < -0.4 is 11.0 Å². The molecule has 0 fully saturated rings. The highest BCUT2D eigenvalue weighted by Crippen LogP contribution is 2.54. The molecule has 0 radical (unpaired) electrons. The summed E-state index contributed by atoms with van der Waals surface area (Å²) in [4.78, 5) is 0. The Balaban J connectivity index is 3.08. The topological polar surface area (TPSA) is 85.3 Å². The first-order valence-electron chi connectivity index (χ1n) is 7.42. The van der Waals surface area contributed by atoms with Crippen molar-refractivity contribution in [3.05, 3.63) is 35.4 Å². The van der Waals surface area contributed by atoms with E-state index in [9.17, 15) is 18.6 Å². The molecule has 2 aromatic rings. The molecular weight excluding hydrogens is 373 g/mol. The van der Waals surface area contributed by atoms with Crippen LogP contribution in [0.25, 0.3) is 10.8 Å². The number of nitriles is 1. The lowest BCUT2D eigenvalue weighted by Gasteiger charge is -2.25. The Labute approximate surface area is 148 Å². The molecule has 2 aromatic carbocycles. The molecule has 0 spiro atoms. The van der Waals surface area contributed by atoms with Gasteiger partial charge in [0.1, 0.15) is 6.07 Å². The maximum absolute atomic E-state index is 14.2. The van der Waals surface area contributed by atoms with Gasteiger partial charge in [0, 0.05) is 10.8 Å². The highest BCUT2D eigenvalue weighted by molar-refractivity contribution is 7.62. The number of hydrogen-bond acceptors (Lipinski definition) is 5. The fourth-order valence-corrected chi connectivity index (χ4v) is 4.84. The van der Waals surface area contributed by atoms with E-state index in [2.05, 4.69) is 0 Å². The Kier molecular flexibility index (Phi) is 5.70. The summed E-state index contributed by atoms with van der Waals surface area (Å²) < 4.78 is 52.0. The molecule has 25 heavy (non-hydrogen) atoms. The number of nitrogen functional groups attached to an aromatic ring is 1. The van der Waals surface area contributed by atoms with Crippen LogP contribution in [0.4, 0.5) is 14.5 Å². The van der Waals surface area contributed by atoms with Crippen LogP contribution in [0.15, 0.2) is 24.3 Å². The van der Waals surface area contributed by atoms with E-state index < -0.39 is 29.4 Å². The SMILES string of the molecule is CCOP(=O)(OCC)c1c(C(F)(F)Cl)c(C#N)c2ccccc2c1N. The summed E-state index contributed by atoms with van der Waals surface area (Å²) in [5.74, 6) is 0. The lowest BCUT2D eigenvalue weighted by molar-refractivity contribution is 0.0956. The normalized spacial score (nSPS) is 12.3. The average Bonchev–Trinajstić information content (AvgIpc) is 2.54. The van der Waals surface area contributed by atoms with Crippen molar-refractivity contribution in [2.45, 2.75) is 19.2 Å². The summed E-state index contributed by atoms with van der Waals surface area (Å²) >= 11 is 5.25. The second kappa shape index (κ2) is 7.27. The maximum Gasteiger partial charge on any atom is 0.364 e. The first kappa shape index (κ1) is 19.6. The van der Waals surface area contributed by atoms with E-state index in [0.717, 1.165) is 0 Å². The Bertz CT molecular complexity index is 884. The van der Waals surface area contributed by atoms with Crippen LogP contribution in [0.5, 0.6) is 0 Å². The van der Waals surface area contributed by atoms with Gasteiger partial charge in [0.25, 0.3) is 0 Å². The van der Waals surface area contributed by atoms with Crippen molar-refractivity contribution in [2.75, 3.05) is 18.9 Å². The minimum Gasteiger partial charge on any atom is -0.397 e. The molecule has 0 atom stereocenters. The Hall–Kier alpha value is -1.71. The van der Waals surface area contributed by atoms with Gasteiger partial charge < -0.3 is 14.8 Å². The zero-order valence-electron chi connectivity index (χ0n) is 13.6. The van der Waals surface area contributed by atoms with E-state index in [-0.39, 0.29) is 24.3 Å². The third-order valence-electron chi connectivity index (χ3n) is 3.50. The molecule has 0 amide bonds. The molecule has 0 saturated carbocycles. The molecule has 0 unspecified atom stereocenters. The third-order valence-corrected chi connectivity index (χ3v) is 5.89. The van der Waals surface area contributed by atoms with Gasteiger partial charge >= 0.3 is 13.0 Å². The molecule has 0 bridgehead atoms. The van der Waals surface area contributed by atoms with Crippen molar-refractivity contribution in [3.63, 3.8) is 0 Å². The van der Waals surface area contributed by atoms with Crippen LogP contribution in [0.2, 0.25) is 0 Å². The third kappa shape index (κ3) is 3.49. The van der Waals surface area contributed by atoms with E-state index in [4.69, 9.17) is 26.4 Å². The molecule has 2 rings (SSSR count). The van der Waals surface area contributed by atoms with E-state index >= 15 is 0 Å². The molecule has 2 N–H and O–H groups in total. The fraction of sp³-hybridized carbons (Fsp3) is 0.312. The van der Waals surface area contributed by atoms with Gasteiger partial charge in [-0.05, 0) is 25.4 Å². The summed E-state index contributed by atoms with van der Waals surface area (Å²) in [6.45, 7) is 2.93. The lowest BCUT2D eigenvalue weighted by Crippen LogP contribution is -2.26. The minimum atomic E-state index is -4.23. The number of nitrogens with zero attached hydrogens (tertiary/aromatic N) is 1. The standard InChI is InChI=1S/C16H16ClF2N2O3P/c1-3-23-25(22,24-4-2)15-13(16(17,18)19)12(9-20)10-7-5-6-8-11(10)14(15)21/h5-8H,3-4,21H2,1-2H3. The molecule has 0 aliphatic carbocycles. The van der Waals surface area contributed by atoms with Gasteiger partial charge in [0.15, 0.2) is 0 Å². The van der Waals surface area contributed by atoms with E-state index in [1.165, 1.54) is 26.0 Å². The number of rotatable bonds is 6. The molecule has 134 valence electrons. The number of anilines is 1. The number of halogens is 3. The minimum absolute atomic E-state index is 0.0707. The van der Waals surface area contributed by atoms with Gasteiger partial charge in [-0.15, -0.1) is 0 Å². The number of nitrogens with two attached hydrogens (primary N) is 1. The number of hydrogen-bond donors (Lipinski definition) is 1. The first-order chi connectivity index (χ1) is 11.7. The van der Waals surface area contributed by atoms with Crippen molar-refractivity contribution in [2.24, 2.45) is 0 Å². The van der Waals surface area contributed by atoms with Gasteiger partial charge in [-0.3, -0.25) is 4.57 Å². The summed E-state index contributed by atoms with van der Waals surface area (Å²) in [5, 5.41) is 5.38. The Morgan fingerprint density at radius 1 is 1.24 bits per heavy atom. The number of fused-ring (bicyclic) bond motifs is 1. The molecule has 0 saturated heterocycles. The van der Waals surface area contributed by atoms with E-state index in [1.54, 1.807) is 18.2 Å². The van der Waals surface area contributed by atoms with Gasteiger partial charge in [-0.1, -0.05) is 24.3 Å². The summed E-state index contributed by atoms with van der Waals surface area (Å²) in [7, 11) is -4.23. The lowest BCUT2D eigenvalue weighted by atomic mass is 9.98. The molecule has 0 aliphatic heterocycles. The zero-order valence-corrected chi connectivity index (χ0v) is 15.2. The number of benzene rings is 2. The van der Waals surface area contributed by atoms with Gasteiger partial charge in [0.05, 0.1) is 35.3 Å². The highest BCUT2D eigenvalue weighted by atomic mass is 35.5. The molecule has 9 heteroatoms. The van der Waals surface area contributed by atoms with E-state index in [0.29, 0.717) is 5.39 Å². The first-order valence-corrected chi connectivity index (χ1v) is 9.34. The Morgan fingerprint density at radius 3 is 2.20 bits per heavy atom. The molecule has 0 aliphatic rings. The largest absolute Gasteiger partial charge is 0.397 e. The van der Waals surface area contributed by atoms with Crippen molar-refractivity contribution in [1.29, 1.82) is 5.26 Å². The molecule has 0 heterocycles. The molecule has 5 nitrogen and oxygen atoms in total. The Morgan fingerprint density at radius 2 is 1.76 bits per heavy atom. The van der Waals surface area contributed by atoms with Gasteiger partial charge in [0.2, 0.25) is 0 Å². The molecule has 0 aromatic heterocycles. The fourth-order valence-electron chi connectivity index (χ4n) is 2.63. The van der Waals surface area contributed by atoms with Crippen LogP contribution in [-0.2, 0) is 19.0 Å². The van der Waals surface area contributed by atoms with Crippen LogP contribution in [0.1, 0.15) is 25.0 Å². The van der Waals surface area contributed by atoms with Crippen molar-refractivity contribution < 1.29 is 22.4 Å². The second-order valence-electron chi connectivity index (χ2n) is 5.00. The van der Waals surface area contributed by atoms with Crippen molar-refractivity contribution in [1.82, 2.24) is 0 Å². The van der Waals surface area contributed by atoms with E-state index in [1.807, 2.05) is 0 Å². The van der Waals surface area contributed by atoms with Gasteiger partial charge in [-0.2, -0.15) is 14.0 Å². The summed E-state index contributed by atoms with van der Waals surface area (Å²) in [6.07, 6.45) is 0. The van der Waals surface area contributed by atoms with Crippen LogP contribution in [0, 0.1) is 11.3 Å². The van der Waals surface area contributed by atoms with Gasteiger partial charge in [-0.25, -0.2) is 0 Å². The van der Waals surface area contributed by atoms with Crippen molar-refractivity contribution >= 4 is 41.0 Å². The smallest absolute Gasteiger partial charge is 0.364 e. The summed E-state index contributed by atoms with van der Waals surface area (Å²) in [6, 6.07) is 7.91. The monoisotopic (exact) mass is 388 g/mol. The van der Waals surface area contributed by atoms with Crippen LogP contribution in [0.3, 0.4) is 0 Å². The highest BCUT2D eigenvalue weighted by Gasteiger charge is 2.44. The zero-order chi connectivity index (χ0) is 18.8. The quantitative estimate of drug-likeness (QED) is 0.448. The second-order valence-corrected chi connectivity index (χ2v) is 7.43. The maximum atomic E-state index is 14.2. The van der Waals surface area contributed by atoms with Crippen LogP contribution in [-0.4, -0.2) is 13.2 Å². The number of alkyl halides is 3. The van der Waals surface area contributed by atoms with Crippen LogP contribution >= 0.6 is 19.2 Å². The average molecular weight is 389 g/mol. The predicted molar refractivity (Wildman–Crippen MR) is 93.3 cm³/mol. The molecular formula is C16H16ClF2N2O3P.